The average Bonchev–Trinajstić information content (AvgIpc) is 3.34. The Morgan fingerprint density at radius 3 is 2.73 bits per heavy atom. The number of nitrogens with zero attached hydrogens (tertiary/aromatic N) is 5. The van der Waals surface area contributed by atoms with Gasteiger partial charge in [-0.25, -0.2) is 9.78 Å². The molecule has 4 aromatic rings. The minimum absolute atomic E-state index is 0.00625. The van der Waals surface area contributed by atoms with Gasteiger partial charge in [-0.15, -0.1) is 10.2 Å². The number of methoxy groups -OCH3 is 1. The number of ether oxygens (including phenoxy) is 2. The summed E-state index contributed by atoms with van der Waals surface area (Å²) in [5, 5.41) is 18.3. The number of carbonyl (C=O) groups is 1. The largest absolute Gasteiger partial charge is 0.497 e. The van der Waals surface area contributed by atoms with E-state index in [1.165, 1.54) is 6.33 Å². The van der Waals surface area contributed by atoms with Gasteiger partial charge in [-0.3, -0.25) is 4.57 Å². The lowest BCUT2D eigenvalue weighted by molar-refractivity contribution is 0.0689. The molecular weight excluding hydrogens is 386 g/mol. The number of carboxylic acids is 1. The van der Waals surface area contributed by atoms with Crippen LogP contribution in [0, 0.1) is 0 Å². The fourth-order valence-corrected chi connectivity index (χ4v) is 3.56. The second-order valence-electron chi connectivity index (χ2n) is 6.73. The van der Waals surface area contributed by atoms with Gasteiger partial charge in [0.15, 0.2) is 17.3 Å². The molecule has 0 fully saturated rings. The summed E-state index contributed by atoms with van der Waals surface area (Å²) in [4.78, 5) is 15.9. The van der Waals surface area contributed by atoms with Crippen LogP contribution in [-0.2, 0) is 13.2 Å². The summed E-state index contributed by atoms with van der Waals surface area (Å²) in [7, 11) is 1.59. The summed E-state index contributed by atoms with van der Waals surface area (Å²) < 4.78 is 14.9. The Morgan fingerprint density at radius 1 is 1.13 bits per heavy atom. The summed E-state index contributed by atoms with van der Waals surface area (Å²) in [5.74, 6) is 1.47. The van der Waals surface area contributed by atoms with Gasteiger partial charge in [0.25, 0.3) is 0 Å². The molecule has 2 aromatic heterocycles. The van der Waals surface area contributed by atoms with E-state index in [0.29, 0.717) is 28.8 Å². The Morgan fingerprint density at radius 2 is 1.97 bits per heavy atom. The van der Waals surface area contributed by atoms with Crippen LogP contribution < -0.4 is 9.47 Å². The number of hydrogen-bond donors (Lipinski definition) is 1. The van der Waals surface area contributed by atoms with Crippen molar-refractivity contribution in [1.82, 2.24) is 24.3 Å². The molecule has 1 aliphatic rings. The van der Waals surface area contributed by atoms with E-state index >= 15 is 0 Å². The number of para-hydroxylation sites is 1. The van der Waals surface area contributed by atoms with Crippen LogP contribution in [0.15, 0.2) is 54.9 Å². The van der Waals surface area contributed by atoms with Crippen LogP contribution in [0.5, 0.6) is 11.5 Å². The molecule has 0 bridgehead atoms. The van der Waals surface area contributed by atoms with Gasteiger partial charge in [-0.1, -0.05) is 18.2 Å². The smallest absolute Gasteiger partial charge is 0.356 e. The predicted molar refractivity (Wildman–Crippen MR) is 106 cm³/mol. The Balaban J connectivity index is 1.64. The molecule has 1 aliphatic heterocycles. The predicted octanol–water partition coefficient (Wildman–Crippen LogP) is 2.78. The Hall–Kier alpha value is -4.14. The molecule has 9 heteroatoms. The van der Waals surface area contributed by atoms with Gasteiger partial charge in [0.05, 0.1) is 25.0 Å². The van der Waals surface area contributed by atoms with Gasteiger partial charge in [0.1, 0.15) is 24.4 Å². The van der Waals surface area contributed by atoms with Crippen molar-refractivity contribution in [3.8, 4) is 28.6 Å². The van der Waals surface area contributed by atoms with Gasteiger partial charge < -0.3 is 19.1 Å². The number of fused-ring (bicyclic) bond motifs is 5. The molecule has 0 saturated heterocycles. The van der Waals surface area contributed by atoms with Crippen molar-refractivity contribution < 1.29 is 19.4 Å². The fraction of sp³-hybridized carbons (Fsp3) is 0.143. The normalized spacial score (nSPS) is 11.8. The minimum atomic E-state index is -1.09. The first kappa shape index (κ1) is 17.9. The van der Waals surface area contributed by atoms with Gasteiger partial charge in [-0.2, -0.15) is 0 Å². The Labute approximate surface area is 171 Å². The van der Waals surface area contributed by atoms with Crippen LogP contribution in [0.1, 0.15) is 22.0 Å². The molecule has 0 unspecified atom stereocenters. The van der Waals surface area contributed by atoms with Crippen molar-refractivity contribution in [1.29, 1.82) is 0 Å². The van der Waals surface area contributed by atoms with Gasteiger partial charge in [-0.05, 0) is 30.3 Å². The molecule has 5 rings (SSSR count). The Bertz CT molecular complexity index is 1250. The van der Waals surface area contributed by atoms with Crippen LogP contribution >= 0.6 is 0 Å². The third-order valence-corrected chi connectivity index (χ3v) is 5.02. The molecular formula is C21H17N5O4. The second-order valence-corrected chi connectivity index (χ2v) is 6.73. The van der Waals surface area contributed by atoms with E-state index in [1.54, 1.807) is 11.7 Å². The molecule has 3 heterocycles. The molecule has 30 heavy (non-hydrogen) atoms. The molecule has 0 spiro atoms. The number of rotatable bonds is 5. The van der Waals surface area contributed by atoms with E-state index in [0.717, 1.165) is 11.3 Å². The fourth-order valence-electron chi connectivity index (χ4n) is 3.56. The van der Waals surface area contributed by atoms with Crippen molar-refractivity contribution >= 4 is 5.97 Å². The van der Waals surface area contributed by atoms with Crippen molar-refractivity contribution in [2.75, 3.05) is 7.11 Å². The minimum Gasteiger partial charge on any atom is -0.497 e. The lowest BCUT2D eigenvalue weighted by atomic mass is 10.1. The van der Waals surface area contributed by atoms with Crippen LogP contribution in [-0.4, -0.2) is 42.5 Å². The van der Waals surface area contributed by atoms with Crippen LogP contribution in [0.4, 0.5) is 0 Å². The molecule has 2 aromatic carbocycles. The van der Waals surface area contributed by atoms with Gasteiger partial charge in [0.2, 0.25) is 0 Å². The van der Waals surface area contributed by atoms with E-state index in [9.17, 15) is 9.90 Å². The molecule has 0 saturated carbocycles. The highest BCUT2D eigenvalue weighted by Crippen LogP contribution is 2.35. The molecule has 0 atom stereocenters. The molecule has 0 amide bonds. The SMILES string of the molecule is COc1ccc2c(c1)-c1nnc(COc3ccccc3)n1Cc1c(C(=O)O)ncn1-2. The van der Waals surface area contributed by atoms with Crippen molar-refractivity contribution in [2.24, 2.45) is 0 Å². The van der Waals surface area contributed by atoms with Gasteiger partial charge in [0, 0.05) is 5.56 Å². The number of hydrogen-bond acceptors (Lipinski definition) is 6. The maximum absolute atomic E-state index is 11.7. The molecule has 0 radical (unpaired) electrons. The highest BCUT2D eigenvalue weighted by Gasteiger charge is 2.28. The standard InChI is InChI=1S/C21H17N5O4/c1-29-14-7-8-16-15(9-14)20-24-23-18(11-30-13-5-3-2-4-6-13)25(20)10-17-19(21(27)28)22-12-26(16)17/h2-9,12H,10-11H2,1H3,(H,27,28). The van der Waals surface area contributed by atoms with Crippen LogP contribution in [0.2, 0.25) is 0 Å². The first-order valence-electron chi connectivity index (χ1n) is 9.24. The Kier molecular flexibility index (Phi) is 4.20. The highest BCUT2D eigenvalue weighted by atomic mass is 16.5. The van der Waals surface area contributed by atoms with Crippen molar-refractivity contribution in [2.45, 2.75) is 13.2 Å². The average molecular weight is 403 g/mol. The molecule has 1 N–H and O–H groups in total. The topological polar surface area (TPSA) is 104 Å². The van der Waals surface area contributed by atoms with Crippen LogP contribution in [0.3, 0.4) is 0 Å². The van der Waals surface area contributed by atoms with Gasteiger partial charge >= 0.3 is 5.97 Å². The highest BCUT2D eigenvalue weighted by molar-refractivity contribution is 5.87. The molecule has 9 nitrogen and oxygen atoms in total. The first-order chi connectivity index (χ1) is 14.7. The maximum Gasteiger partial charge on any atom is 0.356 e. The summed E-state index contributed by atoms with van der Waals surface area (Å²) >= 11 is 0. The zero-order valence-electron chi connectivity index (χ0n) is 16.0. The zero-order valence-corrected chi connectivity index (χ0v) is 16.0. The second kappa shape index (κ2) is 7.03. The maximum atomic E-state index is 11.7. The van der Waals surface area contributed by atoms with E-state index in [2.05, 4.69) is 15.2 Å². The lowest BCUT2D eigenvalue weighted by Crippen LogP contribution is -2.12. The van der Waals surface area contributed by atoms with E-state index in [4.69, 9.17) is 9.47 Å². The van der Waals surface area contributed by atoms with Crippen molar-refractivity contribution in [3.05, 3.63) is 72.1 Å². The third kappa shape index (κ3) is 2.87. The zero-order chi connectivity index (χ0) is 20.7. The van der Waals surface area contributed by atoms with Crippen molar-refractivity contribution in [3.63, 3.8) is 0 Å². The number of aromatic nitrogens is 5. The van der Waals surface area contributed by atoms with E-state index in [-0.39, 0.29) is 18.8 Å². The lowest BCUT2D eigenvalue weighted by Gasteiger charge is -2.10. The number of aromatic carboxylic acids is 1. The monoisotopic (exact) mass is 403 g/mol. The molecule has 150 valence electrons. The molecule has 0 aliphatic carbocycles. The summed E-state index contributed by atoms with van der Waals surface area (Å²) in [6.07, 6.45) is 1.52. The summed E-state index contributed by atoms with van der Waals surface area (Å²) in [6, 6.07) is 14.9. The summed E-state index contributed by atoms with van der Waals surface area (Å²) in [6.45, 7) is 0.432. The number of carboxylic acid groups (broad SMARTS) is 1. The number of imidazole rings is 1. The van der Waals surface area contributed by atoms with Crippen LogP contribution in [0.25, 0.3) is 17.1 Å². The van der Waals surface area contributed by atoms with E-state index in [1.807, 2.05) is 53.1 Å². The number of benzene rings is 2. The summed E-state index contributed by atoms with van der Waals surface area (Å²) in [5.41, 5.74) is 2.05. The third-order valence-electron chi connectivity index (χ3n) is 5.02. The first-order valence-corrected chi connectivity index (χ1v) is 9.24. The quantitative estimate of drug-likeness (QED) is 0.481. The van der Waals surface area contributed by atoms with E-state index < -0.39 is 5.97 Å².